The molecular formula is C23H49N2O2+. The lowest BCUT2D eigenvalue weighted by molar-refractivity contribution is -0.870. The monoisotopic (exact) mass is 385 g/mol. The number of aliphatic hydroxyl groups is 1. The van der Waals surface area contributed by atoms with Gasteiger partial charge in [0, 0.05) is 6.42 Å². The number of quaternary nitrogens is 1. The van der Waals surface area contributed by atoms with Gasteiger partial charge >= 0.3 is 0 Å². The third-order valence-electron chi connectivity index (χ3n) is 4.46. The number of allylic oxidation sites excluding steroid dienone is 2. The van der Waals surface area contributed by atoms with E-state index in [0.29, 0.717) is 6.42 Å². The lowest BCUT2D eigenvalue weighted by atomic mass is 10.1. The standard InChI is InChI=1S/C18H35NO.C5H14NO/c1-2-3-4-5-6-7-8-9-10-11-12-13-14-15-16-17-18(19)20;1-6(2,3)4-5-7/h9-10H,2-8,11-17H2,1H3,(H2,19,20);7H,4-5H2,1-3H3/q;+1/b10-9-;. The van der Waals surface area contributed by atoms with Crippen LogP contribution < -0.4 is 5.73 Å². The summed E-state index contributed by atoms with van der Waals surface area (Å²) < 4.78 is 0.844. The van der Waals surface area contributed by atoms with E-state index in [0.717, 1.165) is 23.9 Å². The molecule has 0 saturated carbocycles. The lowest BCUT2D eigenvalue weighted by Gasteiger charge is -2.21. The molecule has 0 rings (SSSR count). The predicted molar refractivity (Wildman–Crippen MR) is 119 cm³/mol. The van der Waals surface area contributed by atoms with E-state index in [2.05, 4.69) is 40.2 Å². The van der Waals surface area contributed by atoms with Crippen molar-refractivity contribution in [2.75, 3.05) is 34.3 Å². The van der Waals surface area contributed by atoms with Gasteiger partial charge in [-0.05, 0) is 32.1 Å². The number of hydrogen-bond acceptors (Lipinski definition) is 2. The molecule has 0 saturated heterocycles. The summed E-state index contributed by atoms with van der Waals surface area (Å²) in [5.74, 6) is -0.164. The third-order valence-corrected chi connectivity index (χ3v) is 4.46. The Morgan fingerprint density at radius 3 is 1.63 bits per heavy atom. The number of carbonyl (C=O) groups excluding carboxylic acids is 1. The smallest absolute Gasteiger partial charge is 0.217 e. The third kappa shape index (κ3) is 33.2. The molecule has 162 valence electrons. The van der Waals surface area contributed by atoms with E-state index < -0.39 is 0 Å². The Labute approximate surface area is 169 Å². The van der Waals surface area contributed by atoms with E-state index in [-0.39, 0.29) is 12.5 Å². The molecule has 4 nitrogen and oxygen atoms in total. The topological polar surface area (TPSA) is 63.3 Å². The molecule has 4 heteroatoms. The van der Waals surface area contributed by atoms with Crippen molar-refractivity contribution < 1.29 is 14.4 Å². The fraction of sp³-hybridized carbons (Fsp3) is 0.870. The first-order chi connectivity index (χ1) is 12.8. The Kier molecular flexibility index (Phi) is 22.5. The van der Waals surface area contributed by atoms with Crippen LogP contribution in [0.1, 0.15) is 96.8 Å². The Balaban J connectivity index is 0. The zero-order valence-electron chi connectivity index (χ0n) is 18.8. The van der Waals surface area contributed by atoms with E-state index in [4.69, 9.17) is 10.8 Å². The molecule has 0 radical (unpaired) electrons. The van der Waals surface area contributed by atoms with Crippen molar-refractivity contribution in [2.45, 2.75) is 96.8 Å². The van der Waals surface area contributed by atoms with E-state index >= 15 is 0 Å². The molecule has 0 bridgehead atoms. The Morgan fingerprint density at radius 2 is 1.26 bits per heavy atom. The molecule has 3 N–H and O–H groups in total. The van der Waals surface area contributed by atoms with E-state index in [1.165, 1.54) is 70.6 Å². The molecule has 0 heterocycles. The van der Waals surface area contributed by atoms with E-state index in [9.17, 15) is 4.79 Å². The van der Waals surface area contributed by atoms with Crippen molar-refractivity contribution in [1.82, 2.24) is 0 Å². The van der Waals surface area contributed by atoms with Gasteiger partial charge in [0.05, 0.1) is 27.7 Å². The fourth-order valence-electron chi connectivity index (χ4n) is 2.67. The molecule has 0 unspecified atom stereocenters. The van der Waals surface area contributed by atoms with Gasteiger partial charge in [-0.1, -0.05) is 70.4 Å². The molecule has 0 fully saturated rings. The van der Waals surface area contributed by atoms with Gasteiger partial charge in [0.2, 0.25) is 5.91 Å². The van der Waals surface area contributed by atoms with Crippen molar-refractivity contribution in [1.29, 1.82) is 0 Å². The number of nitrogens with zero attached hydrogens (tertiary/aromatic N) is 1. The summed E-state index contributed by atoms with van der Waals surface area (Å²) in [7, 11) is 6.16. The second kappa shape index (κ2) is 21.4. The molecular weight excluding hydrogens is 336 g/mol. The first kappa shape index (κ1) is 28.3. The summed E-state index contributed by atoms with van der Waals surface area (Å²) in [4.78, 5) is 10.5. The summed E-state index contributed by atoms with van der Waals surface area (Å²) >= 11 is 0. The number of hydrogen-bond donors (Lipinski definition) is 2. The number of amides is 1. The summed E-state index contributed by atoms with van der Waals surface area (Å²) in [5.41, 5.74) is 5.10. The highest BCUT2D eigenvalue weighted by atomic mass is 16.3. The second-order valence-corrected chi connectivity index (χ2v) is 8.54. The minimum Gasteiger partial charge on any atom is -0.391 e. The van der Waals surface area contributed by atoms with Crippen LogP contribution in [0, 0.1) is 0 Å². The van der Waals surface area contributed by atoms with E-state index in [1.807, 2.05) is 0 Å². The average Bonchev–Trinajstić information content (AvgIpc) is 2.57. The summed E-state index contributed by atoms with van der Waals surface area (Å²) in [6, 6.07) is 0. The van der Waals surface area contributed by atoms with Crippen LogP contribution in [0.25, 0.3) is 0 Å². The van der Waals surface area contributed by atoms with Crippen LogP contribution in [-0.2, 0) is 4.79 Å². The molecule has 0 aromatic rings. The number of unbranched alkanes of at least 4 members (excludes halogenated alkanes) is 11. The van der Waals surface area contributed by atoms with E-state index in [1.54, 1.807) is 0 Å². The largest absolute Gasteiger partial charge is 0.391 e. The highest BCUT2D eigenvalue weighted by molar-refractivity contribution is 5.73. The van der Waals surface area contributed by atoms with Crippen LogP contribution in [0.15, 0.2) is 12.2 Å². The molecule has 0 aliphatic heterocycles. The van der Waals surface area contributed by atoms with Crippen molar-refractivity contribution in [3.8, 4) is 0 Å². The maximum atomic E-state index is 10.5. The van der Waals surface area contributed by atoms with Gasteiger partial charge in [-0.25, -0.2) is 0 Å². The minimum absolute atomic E-state index is 0.164. The molecule has 0 aliphatic carbocycles. The number of primary amides is 1. The van der Waals surface area contributed by atoms with Crippen molar-refractivity contribution in [3.05, 3.63) is 12.2 Å². The number of carbonyl (C=O) groups is 1. The van der Waals surface area contributed by atoms with Crippen LogP contribution in [-0.4, -0.2) is 49.8 Å². The molecule has 1 amide bonds. The molecule has 0 spiro atoms. The molecule has 27 heavy (non-hydrogen) atoms. The van der Waals surface area contributed by atoms with Gasteiger partial charge in [0.15, 0.2) is 0 Å². The Morgan fingerprint density at radius 1 is 0.815 bits per heavy atom. The molecule has 0 atom stereocenters. The molecule has 0 aromatic heterocycles. The van der Waals surface area contributed by atoms with Gasteiger partial charge in [0.25, 0.3) is 0 Å². The molecule has 0 aromatic carbocycles. The average molecular weight is 386 g/mol. The Bertz CT molecular complexity index is 336. The fourth-order valence-corrected chi connectivity index (χ4v) is 2.67. The van der Waals surface area contributed by atoms with Crippen LogP contribution in [0.3, 0.4) is 0 Å². The van der Waals surface area contributed by atoms with Gasteiger partial charge < -0.3 is 15.3 Å². The number of rotatable bonds is 17. The maximum absolute atomic E-state index is 10.5. The summed E-state index contributed by atoms with van der Waals surface area (Å²) in [6.07, 6.45) is 21.9. The highest BCUT2D eigenvalue weighted by Crippen LogP contribution is 2.09. The highest BCUT2D eigenvalue weighted by Gasteiger charge is 2.02. The first-order valence-electron chi connectivity index (χ1n) is 11.2. The van der Waals surface area contributed by atoms with Gasteiger partial charge in [-0.3, -0.25) is 4.79 Å². The predicted octanol–water partition coefficient (Wildman–Crippen LogP) is 5.19. The van der Waals surface area contributed by atoms with Crippen LogP contribution in [0.4, 0.5) is 0 Å². The second-order valence-electron chi connectivity index (χ2n) is 8.54. The quantitative estimate of drug-likeness (QED) is 0.205. The number of nitrogens with two attached hydrogens (primary N) is 1. The van der Waals surface area contributed by atoms with Gasteiger partial charge in [-0.15, -0.1) is 0 Å². The zero-order chi connectivity index (χ0) is 20.8. The molecule has 0 aliphatic rings. The number of likely N-dealkylation sites (N-methyl/N-ethyl adjacent to an activating group) is 1. The van der Waals surface area contributed by atoms with Crippen LogP contribution in [0.5, 0.6) is 0 Å². The first-order valence-corrected chi connectivity index (χ1v) is 11.2. The zero-order valence-corrected chi connectivity index (χ0v) is 18.8. The maximum Gasteiger partial charge on any atom is 0.217 e. The normalized spacial score (nSPS) is 11.4. The Hall–Kier alpha value is -0.870. The summed E-state index contributed by atoms with van der Waals surface area (Å²) in [5, 5.41) is 8.39. The SMILES string of the molecule is CCCCCCCC/C=C\CCCCCCCC(N)=O.C[N+](C)(C)CCO. The van der Waals surface area contributed by atoms with Crippen LogP contribution in [0.2, 0.25) is 0 Å². The van der Waals surface area contributed by atoms with Crippen LogP contribution >= 0.6 is 0 Å². The minimum atomic E-state index is -0.164. The van der Waals surface area contributed by atoms with Crippen molar-refractivity contribution in [3.63, 3.8) is 0 Å². The van der Waals surface area contributed by atoms with Crippen molar-refractivity contribution >= 4 is 5.91 Å². The number of aliphatic hydroxyl groups excluding tert-OH is 1. The van der Waals surface area contributed by atoms with Gasteiger partial charge in [-0.2, -0.15) is 0 Å². The van der Waals surface area contributed by atoms with Gasteiger partial charge in [0.1, 0.15) is 6.54 Å². The lowest BCUT2D eigenvalue weighted by Crippen LogP contribution is -2.36. The summed E-state index contributed by atoms with van der Waals surface area (Å²) in [6.45, 7) is 3.38. The van der Waals surface area contributed by atoms with Crippen molar-refractivity contribution in [2.24, 2.45) is 5.73 Å².